The molecule has 1 aromatic rings. The minimum absolute atomic E-state index is 0.280. The Hall–Kier alpha value is -0.350. The van der Waals surface area contributed by atoms with Gasteiger partial charge in [-0.05, 0) is 11.8 Å². The molecule has 92 valence electrons. The zero-order valence-electron chi connectivity index (χ0n) is 10.2. The lowest BCUT2D eigenvalue weighted by Gasteiger charge is -2.24. The van der Waals surface area contributed by atoms with Crippen molar-refractivity contribution in [3.63, 3.8) is 0 Å². The van der Waals surface area contributed by atoms with Crippen molar-refractivity contribution < 1.29 is 0 Å². The highest BCUT2D eigenvalue weighted by Gasteiger charge is 2.18. The molecule has 1 N–H and O–H groups in total. The summed E-state index contributed by atoms with van der Waals surface area (Å²) in [5, 5.41) is 3.75. The van der Waals surface area contributed by atoms with Gasteiger partial charge in [-0.3, -0.25) is 0 Å². The fourth-order valence-corrected chi connectivity index (χ4v) is 2.23. The second kappa shape index (κ2) is 6.40. The lowest BCUT2D eigenvalue weighted by Crippen LogP contribution is -2.23. The van der Waals surface area contributed by atoms with Crippen LogP contribution in [0.3, 0.4) is 0 Å². The van der Waals surface area contributed by atoms with Gasteiger partial charge in [0, 0.05) is 6.54 Å². The van der Waals surface area contributed by atoms with E-state index in [1.54, 1.807) is 0 Å². The molecule has 0 aliphatic rings. The van der Waals surface area contributed by atoms with Crippen LogP contribution < -0.4 is 5.32 Å². The third-order valence-corrected chi connectivity index (χ3v) is 3.53. The highest BCUT2D eigenvalue weighted by Crippen LogP contribution is 2.26. The van der Waals surface area contributed by atoms with Crippen molar-refractivity contribution in [1.29, 1.82) is 0 Å². The summed E-state index contributed by atoms with van der Waals surface area (Å²) in [4.78, 5) is 0. The van der Waals surface area contributed by atoms with Crippen molar-refractivity contribution in [1.82, 2.24) is 8.75 Å². The molecule has 0 aromatic carbocycles. The Kier molecular flexibility index (Phi) is 5.49. The molecule has 0 aliphatic carbocycles. The predicted octanol–water partition coefficient (Wildman–Crippen LogP) is 4.21. The van der Waals surface area contributed by atoms with Crippen molar-refractivity contribution >= 4 is 29.1 Å². The van der Waals surface area contributed by atoms with Gasteiger partial charge >= 0.3 is 0 Å². The maximum atomic E-state index is 5.87. The smallest absolute Gasteiger partial charge is 0.186 e. The summed E-state index contributed by atoms with van der Waals surface area (Å²) in [6, 6.07) is 0. The average molecular weight is 262 g/mol. The van der Waals surface area contributed by atoms with Gasteiger partial charge in [-0.2, -0.15) is 8.75 Å². The Morgan fingerprint density at radius 2 is 2.06 bits per heavy atom. The molecule has 0 aliphatic heterocycles. The van der Waals surface area contributed by atoms with Gasteiger partial charge in [-0.1, -0.05) is 51.6 Å². The first kappa shape index (κ1) is 13.7. The van der Waals surface area contributed by atoms with E-state index in [9.17, 15) is 0 Å². The molecule has 0 fully saturated rings. The molecule has 1 aromatic heterocycles. The van der Waals surface area contributed by atoms with Crippen LogP contribution in [0.2, 0.25) is 5.15 Å². The Labute approximate surface area is 107 Å². The van der Waals surface area contributed by atoms with E-state index in [1.165, 1.54) is 25.7 Å². The lowest BCUT2D eigenvalue weighted by molar-refractivity contribution is 0.342. The summed E-state index contributed by atoms with van der Waals surface area (Å²) in [5.74, 6) is 0.718. The number of unbranched alkanes of at least 4 members (excludes halogenated alkanes) is 2. The van der Waals surface area contributed by atoms with E-state index in [1.807, 2.05) is 0 Å². The molecule has 1 heterocycles. The van der Waals surface area contributed by atoms with Crippen LogP contribution in [-0.2, 0) is 0 Å². The lowest BCUT2D eigenvalue weighted by atomic mass is 9.87. The predicted molar refractivity (Wildman–Crippen MR) is 71.3 cm³/mol. The number of anilines is 1. The van der Waals surface area contributed by atoms with Crippen LogP contribution in [0.4, 0.5) is 5.82 Å². The second-order valence-electron chi connectivity index (χ2n) is 4.88. The van der Waals surface area contributed by atoms with Crippen molar-refractivity contribution in [3.05, 3.63) is 5.15 Å². The quantitative estimate of drug-likeness (QED) is 0.747. The average Bonchev–Trinajstić information content (AvgIpc) is 2.62. The third-order valence-electron chi connectivity index (χ3n) is 2.64. The molecule has 0 atom stereocenters. The monoisotopic (exact) mass is 261 g/mol. The first-order valence-electron chi connectivity index (χ1n) is 5.77. The fourth-order valence-electron chi connectivity index (χ4n) is 1.55. The highest BCUT2D eigenvalue weighted by molar-refractivity contribution is 6.99. The van der Waals surface area contributed by atoms with Crippen LogP contribution in [0.1, 0.15) is 46.5 Å². The van der Waals surface area contributed by atoms with Crippen molar-refractivity contribution in [3.8, 4) is 0 Å². The first-order chi connectivity index (χ1) is 7.55. The summed E-state index contributed by atoms with van der Waals surface area (Å²) in [6.45, 7) is 7.65. The van der Waals surface area contributed by atoms with Gasteiger partial charge < -0.3 is 5.32 Å². The molecule has 1 rings (SSSR count). The first-order valence-corrected chi connectivity index (χ1v) is 6.88. The minimum Gasteiger partial charge on any atom is -0.366 e. The Balaban J connectivity index is 2.33. The number of rotatable bonds is 7. The maximum absolute atomic E-state index is 5.87. The minimum atomic E-state index is 0.280. The highest BCUT2D eigenvalue weighted by atomic mass is 35.5. The maximum Gasteiger partial charge on any atom is 0.186 e. The Morgan fingerprint density at radius 3 is 2.62 bits per heavy atom. The summed E-state index contributed by atoms with van der Waals surface area (Å²) in [7, 11) is 0. The van der Waals surface area contributed by atoms with Crippen LogP contribution in [0, 0.1) is 5.41 Å². The van der Waals surface area contributed by atoms with Crippen LogP contribution in [0.15, 0.2) is 0 Å². The molecular weight excluding hydrogens is 242 g/mol. The zero-order valence-corrected chi connectivity index (χ0v) is 11.8. The van der Waals surface area contributed by atoms with E-state index < -0.39 is 0 Å². The van der Waals surface area contributed by atoms with Gasteiger partial charge in [-0.25, -0.2) is 0 Å². The van der Waals surface area contributed by atoms with Gasteiger partial charge in [0.1, 0.15) is 0 Å². The molecule has 0 amide bonds. The van der Waals surface area contributed by atoms with Gasteiger partial charge in [0.25, 0.3) is 0 Å². The van der Waals surface area contributed by atoms with Gasteiger partial charge in [-0.15, -0.1) is 0 Å². The van der Waals surface area contributed by atoms with E-state index in [2.05, 4.69) is 34.8 Å². The van der Waals surface area contributed by atoms with Crippen LogP contribution in [0.25, 0.3) is 0 Å². The molecule has 0 spiro atoms. The molecule has 0 saturated heterocycles. The summed E-state index contributed by atoms with van der Waals surface area (Å²) in [6.07, 6.45) is 5.09. The van der Waals surface area contributed by atoms with Crippen molar-refractivity contribution in [2.24, 2.45) is 5.41 Å². The number of nitrogens with one attached hydrogen (secondary N) is 1. The van der Waals surface area contributed by atoms with Crippen LogP contribution in [0.5, 0.6) is 0 Å². The fraction of sp³-hybridized carbons (Fsp3) is 0.818. The van der Waals surface area contributed by atoms with Crippen molar-refractivity contribution in [2.45, 2.75) is 46.5 Å². The topological polar surface area (TPSA) is 37.8 Å². The Bertz CT molecular complexity index is 312. The van der Waals surface area contributed by atoms with Gasteiger partial charge in [0.15, 0.2) is 11.0 Å². The molecule has 0 saturated carbocycles. The number of nitrogens with zero attached hydrogens (tertiary/aromatic N) is 2. The largest absolute Gasteiger partial charge is 0.366 e. The van der Waals surface area contributed by atoms with Gasteiger partial charge in [0.05, 0.1) is 11.7 Å². The molecule has 0 radical (unpaired) electrons. The number of hydrogen-bond donors (Lipinski definition) is 1. The second-order valence-corrected chi connectivity index (χ2v) is 5.76. The van der Waals surface area contributed by atoms with E-state index >= 15 is 0 Å². The van der Waals surface area contributed by atoms with E-state index in [0.717, 1.165) is 24.1 Å². The normalized spacial score (nSPS) is 11.8. The van der Waals surface area contributed by atoms with E-state index in [4.69, 9.17) is 11.6 Å². The number of halogens is 1. The molecule has 16 heavy (non-hydrogen) atoms. The number of hydrogen-bond acceptors (Lipinski definition) is 4. The molecule has 0 unspecified atom stereocenters. The standard InChI is InChI=1S/C11H20ClN3S/c1-4-5-6-7-11(2,3)8-13-10-9(12)14-16-15-10/h4-8H2,1-3H3,(H,13,15). The zero-order chi connectivity index (χ0) is 12.0. The summed E-state index contributed by atoms with van der Waals surface area (Å²) in [5.41, 5.74) is 0.280. The summed E-state index contributed by atoms with van der Waals surface area (Å²) >= 11 is 7.01. The molecule has 3 nitrogen and oxygen atoms in total. The summed E-state index contributed by atoms with van der Waals surface area (Å²) < 4.78 is 8.03. The van der Waals surface area contributed by atoms with E-state index in [0.29, 0.717) is 5.15 Å². The van der Waals surface area contributed by atoms with E-state index in [-0.39, 0.29) is 5.41 Å². The van der Waals surface area contributed by atoms with Crippen molar-refractivity contribution in [2.75, 3.05) is 11.9 Å². The Morgan fingerprint density at radius 1 is 1.31 bits per heavy atom. The van der Waals surface area contributed by atoms with Crippen LogP contribution >= 0.6 is 23.3 Å². The number of aromatic nitrogens is 2. The van der Waals surface area contributed by atoms with Gasteiger partial charge in [0.2, 0.25) is 0 Å². The molecular formula is C11H20ClN3S. The third kappa shape index (κ3) is 4.66. The van der Waals surface area contributed by atoms with Crippen LogP contribution in [-0.4, -0.2) is 15.3 Å². The molecule has 0 bridgehead atoms. The SMILES string of the molecule is CCCCCC(C)(C)CNc1nsnc1Cl. The molecule has 5 heteroatoms.